The first kappa shape index (κ1) is 44.5. The number of pyridine rings is 1. The number of rotatable bonds is 18. The maximum absolute atomic E-state index is 15.3. The van der Waals surface area contributed by atoms with Gasteiger partial charge in [0.2, 0.25) is 5.82 Å². The van der Waals surface area contributed by atoms with E-state index in [0.29, 0.717) is 28.3 Å². The summed E-state index contributed by atoms with van der Waals surface area (Å²) in [6.07, 6.45) is -3.01. The highest BCUT2D eigenvalue weighted by Gasteiger charge is 2.53. The Bertz CT molecular complexity index is 2070. The van der Waals surface area contributed by atoms with Gasteiger partial charge >= 0.3 is 27.4 Å². The molecule has 2 amide bonds. The Morgan fingerprint density at radius 1 is 0.897 bits per heavy atom. The zero-order valence-corrected chi connectivity index (χ0v) is 35.7. The highest BCUT2D eigenvalue weighted by molar-refractivity contribution is 7.72. The van der Waals surface area contributed by atoms with Gasteiger partial charge in [0, 0.05) is 23.0 Å². The average molecular weight is 846 g/mol. The summed E-state index contributed by atoms with van der Waals surface area (Å²) in [5.41, 5.74) is 2.48. The van der Waals surface area contributed by atoms with Crippen LogP contribution >= 0.6 is 15.2 Å². The van der Waals surface area contributed by atoms with Crippen LogP contribution in [-0.4, -0.2) is 86.4 Å². The zero-order valence-electron chi connectivity index (χ0n) is 33.9. The Morgan fingerprint density at radius 3 is 2.00 bits per heavy atom. The summed E-state index contributed by atoms with van der Waals surface area (Å²) in [4.78, 5) is 32.4. The number of amides is 2. The first-order valence-electron chi connectivity index (χ1n) is 18.8. The molecular formula is C38H50FN7O10P2. The first-order valence-corrected chi connectivity index (χ1v) is 22.0. The molecule has 314 valence electrons. The molecule has 1 saturated heterocycles. The van der Waals surface area contributed by atoms with E-state index in [2.05, 4.69) is 25.7 Å². The van der Waals surface area contributed by atoms with Crippen LogP contribution in [0.15, 0.2) is 60.8 Å². The number of hydrogen-bond donors (Lipinski definition) is 1. The van der Waals surface area contributed by atoms with Crippen molar-refractivity contribution in [1.82, 2.24) is 25.2 Å². The second-order valence-electron chi connectivity index (χ2n) is 14.6. The van der Waals surface area contributed by atoms with Gasteiger partial charge in [0.1, 0.15) is 18.1 Å². The summed E-state index contributed by atoms with van der Waals surface area (Å²) >= 11 is 0. The summed E-state index contributed by atoms with van der Waals surface area (Å²) in [5, 5.41) is 13.1. The van der Waals surface area contributed by atoms with E-state index in [1.807, 2.05) is 0 Å². The second-order valence-corrected chi connectivity index (χ2v) is 19.3. The predicted octanol–water partition coefficient (Wildman–Crippen LogP) is 8.61. The van der Waals surface area contributed by atoms with E-state index in [9.17, 15) is 18.7 Å². The van der Waals surface area contributed by atoms with E-state index < -0.39 is 69.1 Å². The molecule has 3 heterocycles. The molecule has 17 nitrogen and oxygen atoms in total. The standard InChI is InChI=1S/C38H50FN7O10P2/c1-23(2)53-57(49,54-24(3)4)35(58(50,55-25(5)6)56-26(7)8)18-27-10-13-29(14-11-27)41-37(47)51-22-31-21-46(38(48)52-31)30-15-16-32(33(39)19-30)28-12-17-34(40-20-28)36-42-44-45(9)43-36/h10-17,19-20,23-26,31,35H,18,21-22H2,1-9H3,(H,41,47)/t31-/m1/s1. The Hall–Kier alpha value is -4.57. The van der Waals surface area contributed by atoms with Gasteiger partial charge in [-0.15, -0.1) is 10.2 Å². The molecule has 58 heavy (non-hydrogen) atoms. The summed E-state index contributed by atoms with van der Waals surface area (Å²) in [6.45, 7) is 13.4. The van der Waals surface area contributed by atoms with Gasteiger partial charge in [-0.3, -0.25) is 24.3 Å². The molecule has 5 rings (SSSR count). The maximum Gasteiger partial charge on any atom is 0.414 e. The molecule has 1 N–H and O–H groups in total. The number of halogens is 1. The molecule has 0 unspecified atom stereocenters. The van der Waals surface area contributed by atoms with Crippen molar-refractivity contribution in [3.8, 4) is 22.6 Å². The number of nitrogens with one attached hydrogen (secondary N) is 1. The molecular weight excluding hydrogens is 795 g/mol. The van der Waals surface area contributed by atoms with Crippen LogP contribution in [0.5, 0.6) is 0 Å². The summed E-state index contributed by atoms with van der Waals surface area (Å²) < 4.78 is 78.6. The highest BCUT2D eigenvalue weighted by atomic mass is 31.2. The molecule has 0 radical (unpaired) electrons. The number of carbonyl (C=O) groups is 2. The first-order chi connectivity index (χ1) is 27.3. The molecule has 1 fully saturated rings. The van der Waals surface area contributed by atoms with Crippen LogP contribution in [0.1, 0.15) is 61.0 Å². The van der Waals surface area contributed by atoms with E-state index in [1.54, 1.807) is 105 Å². The van der Waals surface area contributed by atoms with Crippen LogP contribution in [-0.2, 0) is 50.2 Å². The Balaban J connectivity index is 1.20. The molecule has 1 aliphatic rings. The molecule has 2 aromatic carbocycles. The molecule has 1 aliphatic heterocycles. The van der Waals surface area contributed by atoms with Gasteiger partial charge in [0.05, 0.1) is 43.7 Å². The van der Waals surface area contributed by atoms with Crippen molar-refractivity contribution in [2.75, 3.05) is 23.4 Å². The van der Waals surface area contributed by atoms with Gasteiger partial charge < -0.3 is 27.6 Å². The SMILES string of the molecule is CC(C)OP(=O)(OC(C)C)C(Cc1ccc(NC(=O)OC[C@H]2CN(c3ccc(-c4ccc(-c5nnn(C)n5)nc4)c(F)c3)C(=O)O2)cc1)P(=O)(OC(C)C)OC(C)C. The van der Waals surface area contributed by atoms with Gasteiger partial charge in [-0.1, -0.05) is 18.2 Å². The number of ether oxygens (including phenoxy) is 2. The number of carbonyl (C=O) groups excluding carboxylic acids is 2. The third kappa shape index (κ3) is 11.5. The predicted molar refractivity (Wildman–Crippen MR) is 214 cm³/mol. The minimum atomic E-state index is -4.12. The van der Waals surface area contributed by atoms with Crippen molar-refractivity contribution in [1.29, 1.82) is 0 Å². The summed E-state index contributed by atoms with van der Waals surface area (Å²) in [7, 11) is -6.60. The normalized spacial score (nSPS) is 15.0. The highest BCUT2D eigenvalue weighted by Crippen LogP contribution is 2.72. The van der Waals surface area contributed by atoms with Crippen molar-refractivity contribution in [3.63, 3.8) is 0 Å². The molecule has 1 atom stereocenters. The smallest absolute Gasteiger partial charge is 0.414 e. The second kappa shape index (κ2) is 19.0. The number of tetrazole rings is 1. The minimum absolute atomic E-state index is 0.0118. The lowest BCUT2D eigenvalue weighted by Crippen LogP contribution is -2.27. The topological polar surface area (TPSA) is 195 Å². The van der Waals surface area contributed by atoms with Crippen LogP contribution < -0.4 is 10.2 Å². The Morgan fingerprint density at radius 2 is 1.50 bits per heavy atom. The van der Waals surface area contributed by atoms with E-state index in [0.717, 1.165) is 0 Å². The van der Waals surface area contributed by atoms with Gasteiger partial charge in [-0.2, -0.15) is 4.80 Å². The van der Waals surface area contributed by atoms with Gasteiger partial charge in [-0.25, -0.2) is 14.0 Å². The third-order valence-electron chi connectivity index (χ3n) is 8.13. The number of aryl methyl sites for hydroxylation is 1. The largest absolute Gasteiger partial charge is 0.445 e. The molecule has 0 bridgehead atoms. The number of nitrogens with zero attached hydrogens (tertiary/aromatic N) is 6. The quantitative estimate of drug-likeness (QED) is 0.0935. The Kier molecular flexibility index (Phi) is 14.6. The fourth-order valence-corrected chi connectivity index (χ4v) is 11.9. The van der Waals surface area contributed by atoms with Gasteiger partial charge in [-0.05, 0) is 109 Å². The van der Waals surface area contributed by atoms with E-state index in [-0.39, 0.29) is 30.8 Å². The van der Waals surface area contributed by atoms with Crippen LogP contribution in [0, 0.1) is 5.82 Å². The van der Waals surface area contributed by atoms with Gasteiger partial charge in [0.25, 0.3) is 0 Å². The van der Waals surface area contributed by atoms with Crippen molar-refractivity contribution in [2.24, 2.45) is 7.05 Å². The zero-order chi connectivity index (χ0) is 42.4. The summed E-state index contributed by atoms with van der Waals surface area (Å²) in [6, 6.07) is 14.2. The van der Waals surface area contributed by atoms with Crippen molar-refractivity contribution < 1.29 is 50.7 Å². The lowest BCUT2D eigenvalue weighted by molar-refractivity contribution is 0.0798. The fraction of sp³-hybridized carbons (Fsp3) is 0.474. The number of aromatic nitrogens is 5. The molecule has 0 aliphatic carbocycles. The molecule has 2 aromatic heterocycles. The Labute approximate surface area is 337 Å². The number of benzene rings is 2. The minimum Gasteiger partial charge on any atom is -0.445 e. The van der Waals surface area contributed by atoms with Gasteiger partial charge in [0.15, 0.2) is 11.5 Å². The number of hydrogen-bond acceptors (Lipinski definition) is 14. The molecule has 0 saturated carbocycles. The van der Waals surface area contributed by atoms with Crippen LogP contribution in [0.25, 0.3) is 22.6 Å². The van der Waals surface area contributed by atoms with E-state index >= 15 is 4.39 Å². The molecule has 4 aromatic rings. The number of cyclic esters (lactones) is 1. The molecule has 20 heteroatoms. The summed E-state index contributed by atoms with van der Waals surface area (Å²) in [5.74, 6) is -0.245. The third-order valence-corrected chi connectivity index (χ3v) is 14.5. The average Bonchev–Trinajstić information content (AvgIpc) is 3.73. The maximum atomic E-state index is 15.3. The molecule has 0 spiro atoms. The van der Waals surface area contributed by atoms with Crippen LogP contribution in [0.2, 0.25) is 0 Å². The van der Waals surface area contributed by atoms with E-state index in [1.165, 1.54) is 28.0 Å². The van der Waals surface area contributed by atoms with Crippen LogP contribution in [0.3, 0.4) is 0 Å². The van der Waals surface area contributed by atoms with Crippen molar-refractivity contribution in [3.05, 3.63) is 72.2 Å². The van der Waals surface area contributed by atoms with Crippen molar-refractivity contribution >= 4 is 38.8 Å². The lowest BCUT2D eigenvalue weighted by Gasteiger charge is -2.35. The lowest BCUT2D eigenvalue weighted by atomic mass is 10.1. The van der Waals surface area contributed by atoms with Crippen molar-refractivity contribution in [2.45, 2.75) is 97.7 Å². The fourth-order valence-electron chi connectivity index (χ4n) is 5.96. The van der Waals surface area contributed by atoms with Crippen LogP contribution in [0.4, 0.5) is 25.4 Å². The number of anilines is 2. The monoisotopic (exact) mass is 845 g/mol. The van der Waals surface area contributed by atoms with E-state index in [4.69, 9.17) is 27.6 Å².